The zero-order valence-corrected chi connectivity index (χ0v) is 46.7. The summed E-state index contributed by atoms with van der Waals surface area (Å²) >= 11 is 0. The molecule has 3 heterocycles. The first-order valence-corrected chi connectivity index (χ1v) is 26.6. The number of esters is 1. The lowest BCUT2D eigenvalue weighted by molar-refractivity contribution is -0.304. The van der Waals surface area contributed by atoms with Crippen LogP contribution in [0.2, 0.25) is 0 Å². The van der Waals surface area contributed by atoms with Crippen LogP contribution in [0.5, 0.6) is 0 Å². The first-order chi connectivity index (χ1) is 34.8. The standard InChI is InChI=1S/C56H91N3O15/c1-16-31(3)29-59(53(67)37-21-19-18-20-22-37)40(52(66)57-56(9,10)11)27-38-26-33(5)41(60)24-23-32(4)25-39(30-70-55-51(69-15)50(68-14)47(64)36(8)72-55)43(17-2)73-44(62)28-42(61)34(6)49(38)74-54-48(65)45(58(12)13)46(63)35(7)71-54/h18-25,31,33-36,38-40,42-43,45-51,54-55,61,63-65H,16-17,26-30H2,1-15H3,(H,57,66)/b24-23+,32-25+/t31-,33-,34+,35-,36+,38-,39-,40?,42-,43-,45+,46-,47+,48-,49-,50+,51+,54+,55+/m1/s1. The number of benzene rings is 1. The van der Waals surface area contributed by atoms with E-state index in [1.807, 2.05) is 54.5 Å². The molecule has 2 fully saturated rings. The van der Waals surface area contributed by atoms with Crippen molar-refractivity contribution in [2.24, 2.45) is 29.6 Å². The number of carbonyl (C=O) groups excluding carboxylic acids is 4. The van der Waals surface area contributed by atoms with Crippen LogP contribution >= 0.6 is 0 Å². The predicted molar refractivity (Wildman–Crippen MR) is 278 cm³/mol. The number of amides is 2. The summed E-state index contributed by atoms with van der Waals surface area (Å²) in [7, 11) is 6.36. The van der Waals surface area contributed by atoms with Crippen LogP contribution < -0.4 is 5.32 Å². The highest BCUT2D eigenvalue weighted by atomic mass is 16.7. The van der Waals surface area contributed by atoms with E-state index in [0.717, 1.165) is 0 Å². The van der Waals surface area contributed by atoms with Crippen LogP contribution in [-0.4, -0.2) is 187 Å². The Kier molecular flexibility index (Phi) is 24.3. The summed E-state index contributed by atoms with van der Waals surface area (Å²) in [5, 5.41) is 49.4. The Morgan fingerprint density at radius 1 is 0.865 bits per heavy atom. The van der Waals surface area contributed by atoms with Gasteiger partial charge >= 0.3 is 5.97 Å². The minimum Gasteiger partial charge on any atom is -0.462 e. The lowest BCUT2D eigenvalue weighted by Crippen LogP contribution is -2.63. The van der Waals surface area contributed by atoms with E-state index in [4.69, 9.17) is 33.2 Å². The van der Waals surface area contributed by atoms with E-state index in [1.165, 1.54) is 20.3 Å². The quantitative estimate of drug-likeness (QED) is 0.132. The summed E-state index contributed by atoms with van der Waals surface area (Å²) < 4.78 is 43.0. The molecule has 2 amide bonds. The summed E-state index contributed by atoms with van der Waals surface area (Å²) in [5.74, 6) is -4.92. The number of methoxy groups -OCH3 is 2. The van der Waals surface area contributed by atoms with E-state index in [1.54, 1.807) is 88.0 Å². The number of nitrogens with zero attached hydrogens (tertiary/aromatic N) is 2. The van der Waals surface area contributed by atoms with Crippen molar-refractivity contribution in [3.63, 3.8) is 0 Å². The second-order valence-electron chi connectivity index (χ2n) is 22.3. The number of allylic oxidation sites excluding steroid dienone is 3. The monoisotopic (exact) mass is 1050 g/mol. The van der Waals surface area contributed by atoms with Gasteiger partial charge in [0, 0.05) is 49.6 Å². The maximum absolute atomic E-state index is 15.0. The van der Waals surface area contributed by atoms with Gasteiger partial charge in [-0.2, -0.15) is 0 Å². The Morgan fingerprint density at radius 3 is 2.07 bits per heavy atom. The second kappa shape index (κ2) is 28.6. The molecule has 18 nitrogen and oxygen atoms in total. The fourth-order valence-electron chi connectivity index (χ4n) is 10.3. The van der Waals surface area contributed by atoms with Gasteiger partial charge in [0.15, 0.2) is 18.4 Å². The molecule has 0 saturated carbocycles. The number of aliphatic hydroxyl groups excluding tert-OH is 4. The lowest BCUT2D eigenvalue weighted by atomic mass is 9.77. The number of carbonyl (C=O) groups is 4. The zero-order chi connectivity index (χ0) is 55.4. The van der Waals surface area contributed by atoms with E-state index < -0.39 is 133 Å². The van der Waals surface area contributed by atoms with Crippen molar-refractivity contribution in [3.05, 3.63) is 59.7 Å². The predicted octanol–water partition coefficient (Wildman–Crippen LogP) is 4.84. The van der Waals surface area contributed by atoms with E-state index in [-0.39, 0.29) is 43.6 Å². The molecule has 1 unspecified atom stereocenters. The number of nitrogens with one attached hydrogen (secondary N) is 1. The summed E-state index contributed by atoms with van der Waals surface area (Å²) in [6.07, 6.45) is -6.70. The molecule has 0 spiro atoms. The van der Waals surface area contributed by atoms with Gasteiger partial charge in [0.2, 0.25) is 5.91 Å². The maximum Gasteiger partial charge on any atom is 0.308 e. The molecule has 18 heteroatoms. The molecule has 4 rings (SSSR count). The average molecular weight is 1050 g/mol. The van der Waals surface area contributed by atoms with Gasteiger partial charge in [0.25, 0.3) is 5.91 Å². The summed E-state index contributed by atoms with van der Waals surface area (Å²) in [4.78, 5) is 61.7. The minimum atomic E-state index is -1.45. The minimum absolute atomic E-state index is 0.0306. The van der Waals surface area contributed by atoms with Gasteiger partial charge in [-0.25, -0.2) is 0 Å². The first kappa shape index (κ1) is 62.9. The molecule has 0 bridgehead atoms. The van der Waals surface area contributed by atoms with Gasteiger partial charge in [0.05, 0.1) is 49.6 Å². The van der Waals surface area contributed by atoms with Gasteiger partial charge in [0.1, 0.15) is 36.6 Å². The molecule has 3 aliphatic heterocycles. The van der Waals surface area contributed by atoms with Crippen LogP contribution in [0.15, 0.2) is 54.1 Å². The maximum atomic E-state index is 15.0. The number of ketones is 1. The second-order valence-corrected chi connectivity index (χ2v) is 22.3. The van der Waals surface area contributed by atoms with Crippen LogP contribution in [0.25, 0.3) is 0 Å². The summed E-state index contributed by atoms with van der Waals surface area (Å²) in [5.41, 5.74) is 0.316. The third kappa shape index (κ3) is 16.9. The highest BCUT2D eigenvalue weighted by molar-refractivity contribution is 5.97. The highest BCUT2D eigenvalue weighted by Crippen LogP contribution is 2.37. The SMILES string of the molecule is CC[C@@H](C)CN(C(=O)c1ccccc1)C(C[C@H]1C[C@@H](C)C(=O)/C=C/C(C)=C/[C@H](CO[C@H]2O[C@@H](C)[C@H](O)[C@H](OC)[C@@H]2OC)[C@@H](CC)OC(=O)C[C@@H](O)[C@H](C)[C@H]1O[C@@H]1O[C@H](C)[C@@H](O)[C@H](N(C)C)[C@H]1O)C(=O)NC(C)(C)C. The molecule has 5 N–H and O–H groups in total. The van der Waals surface area contributed by atoms with Crippen LogP contribution in [0.1, 0.15) is 119 Å². The smallest absolute Gasteiger partial charge is 0.308 e. The number of rotatable bonds is 17. The normalized spacial score (nSPS) is 36.0. The number of hydrogen-bond donors (Lipinski definition) is 5. The van der Waals surface area contributed by atoms with Gasteiger partial charge in [-0.3, -0.25) is 19.2 Å². The number of ether oxygens (including phenoxy) is 7. The molecular formula is C56H91N3O15. The fraction of sp³-hybridized carbons (Fsp3) is 0.750. The van der Waals surface area contributed by atoms with Crippen molar-refractivity contribution in [2.45, 2.75) is 200 Å². The number of likely N-dealkylation sites (N-methyl/N-ethyl adjacent to an activating group) is 1. The molecular weight excluding hydrogens is 955 g/mol. The molecule has 0 aromatic heterocycles. The van der Waals surface area contributed by atoms with Gasteiger partial charge < -0.3 is 68.7 Å². The third-order valence-corrected chi connectivity index (χ3v) is 14.9. The molecule has 0 aliphatic carbocycles. The molecule has 1 aromatic carbocycles. The van der Waals surface area contributed by atoms with Gasteiger partial charge in [-0.1, -0.05) is 77.0 Å². The number of aliphatic hydroxyl groups is 4. The van der Waals surface area contributed by atoms with E-state index in [2.05, 4.69) is 5.32 Å². The Balaban J connectivity index is 1.89. The molecule has 19 atom stereocenters. The Labute approximate surface area is 440 Å². The summed E-state index contributed by atoms with van der Waals surface area (Å²) in [6, 6.07) is 6.75. The van der Waals surface area contributed by atoms with Crippen molar-refractivity contribution in [2.75, 3.05) is 41.5 Å². The van der Waals surface area contributed by atoms with Crippen molar-refractivity contribution >= 4 is 23.6 Å². The van der Waals surface area contributed by atoms with Crippen molar-refractivity contribution in [1.29, 1.82) is 0 Å². The van der Waals surface area contributed by atoms with Crippen molar-refractivity contribution < 1.29 is 72.8 Å². The van der Waals surface area contributed by atoms with Crippen LogP contribution in [0.3, 0.4) is 0 Å². The summed E-state index contributed by atoms with van der Waals surface area (Å²) in [6.45, 7) is 20.2. The van der Waals surface area contributed by atoms with Gasteiger partial charge in [-0.15, -0.1) is 0 Å². The van der Waals surface area contributed by atoms with Crippen molar-refractivity contribution in [3.8, 4) is 0 Å². The van der Waals surface area contributed by atoms with E-state index >= 15 is 0 Å². The van der Waals surface area contributed by atoms with E-state index in [0.29, 0.717) is 24.0 Å². The lowest BCUT2D eigenvalue weighted by Gasteiger charge is -2.47. The largest absolute Gasteiger partial charge is 0.462 e. The van der Waals surface area contributed by atoms with E-state index in [9.17, 15) is 39.6 Å². The Morgan fingerprint density at radius 2 is 1.49 bits per heavy atom. The highest BCUT2D eigenvalue weighted by Gasteiger charge is 2.49. The topological polar surface area (TPSA) is 232 Å². The van der Waals surface area contributed by atoms with Crippen LogP contribution in [0.4, 0.5) is 0 Å². The van der Waals surface area contributed by atoms with Crippen LogP contribution in [-0.2, 0) is 47.5 Å². The average Bonchev–Trinajstić information content (AvgIpc) is 3.34. The van der Waals surface area contributed by atoms with Gasteiger partial charge in [-0.05, 0) is 105 Å². The third-order valence-electron chi connectivity index (χ3n) is 14.9. The molecule has 1 aromatic rings. The zero-order valence-electron chi connectivity index (χ0n) is 46.7. The Bertz CT molecular complexity index is 2000. The van der Waals surface area contributed by atoms with Crippen LogP contribution in [0, 0.1) is 29.6 Å². The molecule has 420 valence electrons. The first-order valence-electron chi connectivity index (χ1n) is 26.6. The molecule has 2 saturated heterocycles. The number of cyclic esters (lactones) is 1. The Hall–Kier alpha value is -3.66. The fourth-order valence-corrected chi connectivity index (χ4v) is 10.3. The number of hydrogen-bond acceptors (Lipinski definition) is 16. The molecule has 74 heavy (non-hydrogen) atoms. The molecule has 0 radical (unpaired) electrons. The van der Waals surface area contributed by atoms with Crippen molar-refractivity contribution in [1.82, 2.24) is 15.1 Å². The molecule has 3 aliphatic rings.